The van der Waals surface area contributed by atoms with Crippen LogP contribution in [0.15, 0.2) is 47.3 Å². The van der Waals surface area contributed by atoms with Crippen LogP contribution in [-0.2, 0) is 0 Å². The third-order valence-electron chi connectivity index (χ3n) is 3.87. The van der Waals surface area contributed by atoms with Crippen molar-refractivity contribution in [3.05, 3.63) is 42.2 Å². The second-order valence-electron chi connectivity index (χ2n) is 5.87. The Balaban J connectivity index is 1.80. The zero-order valence-electron chi connectivity index (χ0n) is 11.8. The number of para-hydroxylation sites is 1. The lowest BCUT2D eigenvalue weighted by atomic mass is 9.96. The molecule has 0 saturated carbocycles. The fraction of sp³-hybridized carbons (Fsp3) is 0.500. The Morgan fingerprint density at radius 3 is 2.84 bits per heavy atom. The number of fused-ring (bicyclic) bond motifs is 1. The van der Waals surface area contributed by atoms with Crippen LogP contribution in [0.5, 0.6) is 0 Å². The van der Waals surface area contributed by atoms with Gasteiger partial charge in [-0.3, -0.25) is 4.90 Å². The van der Waals surface area contributed by atoms with Crippen LogP contribution < -0.4 is 0 Å². The van der Waals surface area contributed by atoms with E-state index in [1.165, 1.54) is 24.4 Å². The summed E-state index contributed by atoms with van der Waals surface area (Å²) in [6.07, 6.45) is 5.96. The predicted molar refractivity (Wildman–Crippen MR) is 76.1 cm³/mol. The van der Waals surface area contributed by atoms with Gasteiger partial charge >= 0.3 is 0 Å². The van der Waals surface area contributed by atoms with Crippen LogP contribution in [0.25, 0.3) is 0 Å². The average molecular weight is 256 g/mol. The van der Waals surface area contributed by atoms with Crippen molar-refractivity contribution in [1.29, 1.82) is 0 Å². The number of hydrogen-bond donors (Lipinski definition) is 0. The normalized spacial score (nSPS) is 22.3. The Hall–Kier alpha value is -1.64. The van der Waals surface area contributed by atoms with E-state index in [-0.39, 0.29) is 0 Å². The van der Waals surface area contributed by atoms with E-state index in [2.05, 4.69) is 53.8 Å². The molecule has 100 valence electrons. The maximum Gasteiger partial charge on any atom is 0.252 e. The molecule has 0 fully saturated rings. The molecular weight excluding hydrogens is 234 g/mol. The van der Waals surface area contributed by atoms with Gasteiger partial charge in [0, 0.05) is 23.3 Å². The maximum atomic E-state index is 4.76. The van der Waals surface area contributed by atoms with E-state index >= 15 is 0 Å². The monoisotopic (exact) mass is 256 g/mol. The van der Waals surface area contributed by atoms with Gasteiger partial charge in [0.2, 0.25) is 5.69 Å². The molecule has 0 bridgehead atoms. The predicted octanol–water partition coefficient (Wildman–Crippen LogP) is 4.11. The van der Waals surface area contributed by atoms with Gasteiger partial charge < -0.3 is 0 Å². The summed E-state index contributed by atoms with van der Waals surface area (Å²) in [5.41, 5.74) is 1.18. The minimum absolute atomic E-state index is 0.650. The summed E-state index contributed by atoms with van der Waals surface area (Å²) in [4.78, 5) is 2.47. The van der Waals surface area contributed by atoms with E-state index < -0.39 is 0 Å². The van der Waals surface area contributed by atoms with Crippen molar-refractivity contribution < 1.29 is 4.70 Å². The number of allylic oxidation sites excluding steroid dienone is 1. The minimum atomic E-state index is 0.650. The van der Waals surface area contributed by atoms with Gasteiger partial charge in [-0.05, 0) is 31.3 Å². The summed E-state index contributed by atoms with van der Waals surface area (Å²) in [6, 6.07) is 11.1. The molecule has 19 heavy (non-hydrogen) atoms. The van der Waals surface area contributed by atoms with Crippen molar-refractivity contribution in [3.8, 4) is 0 Å². The average Bonchev–Trinajstić information content (AvgIpc) is 2.84. The van der Waals surface area contributed by atoms with Crippen molar-refractivity contribution in [2.45, 2.75) is 39.2 Å². The molecule has 1 atom stereocenters. The maximum absolute atomic E-state index is 4.76. The molecule has 0 saturated heterocycles. The number of benzene rings is 1. The summed E-state index contributed by atoms with van der Waals surface area (Å²) in [5.74, 6) is 1.91. The van der Waals surface area contributed by atoms with Crippen molar-refractivity contribution >= 4 is 5.69 Å². The van der Waals surface area contributed by atoms with Crippen molar-refractivity contribution in [2.24, 2.45) is 11.0 Å². The summed E-state index contributed by atoms with van der Waals surface area (Å²) in [5, 5.41) is 4.76. The highest BCUT2D eigenvalue weighted by atomic mass is 15.5. The Kier molecular flexibility index (Phi) is 3.36. The van der Waals surface area contributed by atoms with Gasteiger partial charge in [-0.15, -0.1) is 0 Å². The Morgan fingerprint density at radius 2 is 2.11 bits per heavy atom. The molecule has 0 aliphatic carbocycles. The molecule has 2 heterocycles. The van der Waals surface area contributed by atoms with Crippen LogP contribution >= 0.6 is 0 Å². The van der Waals surface area contributed by atoms with Gasteiger partial charge in [-0.2, -0.15) is 0 Å². The topological polar surface area (TPSA) is 18.6 Å². The molecule has 3 nitrogen and oxygen atoms in total. The van der Waals surface area contributed by atoms with Crippen LogP contribution in [0, 0.1) is 5.92 Å². The molecular formula is C16H22N3+. The fourth-order valence-electron chi connectivity index (χ4n) is 2.98. The highest BCUT2D eigenvalue weighted by Gasteiger charge is 2.35. The first-order valence-electron chi connectivity index (χ1n) is 7.25. The van der Waals surface area contributed by atoms with E-state index in [0.29, 0.717) is 6.04 Å². The van der Waals surface area contributed by atoms with Gasteiger partial charge in [0.1, 0.15) is 0 Å². The van der Waals surface area contributed by atoms with Crippen LogP contribution in [0.3, 0.4) is 0 Å². The first-order valence-corrected chi connectivity index (χ1v) is 7.25. The van der Waals surface area contributed by atoms with E-state index in [0.717, 1.165) is 19.0 Å². The summed E-state index contributed by atoms with van der Waals surface area (Å²) < 4.78 is 2.12. The standard InChI is InChI=1S/C16H22N3/c1-13(2)11-15-9-6-10-16-17-19(12-18(15)16)14-7-4-3-5-8-14/h3-5,7-8,10,13,15H,6,9,11-12H2,1-2H3/q+1/t15-/m1/s1. The van der Waals surface area contributed by atoms with Gasteiger partial charge in [0.25, 0.3) is 6.67 Å². The highest BCUT2D eigenvalue weighted by molar-refractivity contribution is 5.28. The number of rotatable bonds is 3. The molecule has 0 N–H and O–H groups in total. The zero-order chi connectivity index (χ0) is 13.2. The Bertz CT molecular complexity index is 502. The fourth-order valence-corrected chi connectivity index (χ4v) is 2.98. The summed E-state index contributed by atoms with van der Waals surface area (Å²) in [6.45, 7) is 5.51. The van der Waals surface area contributed by atoms with E-state index in [1.54, 1.807) is 0 Å². The molecule has 0 radical (unpaired) electrons. The highest BCUT2D eigenvalue weighted by Crippen LogP contribution is 2.32. The van der Waals surface area contributed by atoms with E-state index in [9.17, 15) is 0 Å². The minimum Gasteiger partial charge on any atom is -0.291 e. The largest absolute Gasteiger partial charge is 0.291 e. The molecule has 2 aliphatic rings. The second-order valence-corrected chi connectivity index (χ2v) is 5.87. The van der Waals surface area contributed by atoms with Crippen LogP contribution in [0.1, 0.15) is 33.1 Å². The zero-order valence-corrected chi connectivity index (χ0v) is 11.8. The first kappa shape index (κ1) is 12.4. The van der Waals surface area contributed by atoms with Gasteiger partial charge in [0.15, 0.2) is 5.82 Å². The molecule has 3 heteroatoms. The molecule has 0 unspecified atom stereocenters. The summed E-state index contributed by atoms with van der Waals surface area (Å²) in [7, 11) is 0. The third kappa shape index (κ3) is 2.55. The molecule has 1 aromatic carbocycles. The van der Waals surface area contributed by atoms with E-state index in [1.807, 2.05) is 6.07 Å². The molecule has 0 aromatic heterocycles. The molecule has 0 amide bonds. The molecule has 2 aliphatic heterocycles. The van der Waals surface area contributed by atoms with Crippen molar-refractivity contribution in [1.82, 2.24) is 4.90 Å². The van der Waals surface area contributed by atoms with Crippen molar-refractivity contribution in [2.75, 3.05) is 6.67 Å². The quantitative estimate of drug-likeness (QED) is 0.745. The molecule has 0 spiro atoms. The lowest BCUT2D eigenvalue weighted by Gasteiger charge is -2.30. The lowest BCUT2D eigenvalue weighted by Crippen LogP contribution is -2.36. The first-order chi connectivity index (χ1) is 9.24. The Labute approximate surface area is 115 Å². The van der Waals surface area contributed by atoms with Crippen molar-refractivity contribution in [3.63, 3.8) is 0 Å². The Morgan fingerprint density at radius 1 is 1.32 bits per heavy atom. The number of nitrogens with zero attached hydrogens (tertiary/aromatic N) is 3. The summed E-state index contributed by atoms with van der Waals surface area (Å²) >= 11 is 0. The van der Waals surface area contributed by atoms with Crippen LogP contribution in [0.4, 0.5) is 5.69 Å². The van der Waals surface area contributed by atoms with Crippen LogP contribution in [-0.4, -0.2) is 22.3 Å². The van der Waals surface area contributed by atoms with E-state index in [4.69, 9.17) is 5.11 Å². The lowest BCUT2D eigenvalue weighted by molar-refractivity contribution is -0.511. The second kappa shape index (κ2) is 5.16. The smallest absolute Gasteiger partial charge is 0.252 e. The van der Waals surface area contributed by atoms with Crippen LogP contribution in [0.2, 0.25) is 0 Å². The number of hydrogen-bond acceptors (Lipinski definition) is 2. The SMILES string of the molecule is CC(C)C[C@H]1CCC=C2N=[N+](c3ccccc3)CN21. The van der Waals surface area contributed by atoms with Gasteiger partial charge in [0.05, 0.1) is 0 Å². The van der Waals surface area contributed by atoms with Gasteiger partial charge in [-0.25, -0.2) is 0 Å². The van der Waals surface area contributed by atoms with Gasteiger partial charge in [-0.1, -0.05) is 36.7 Å². The third-order valence-corrected chi connectivity index (χ3v) is 3.87. The molecule has 3 rings (SSSR count). The number of azo groups is 2. The molecule has 1 aromatic rings.